The van der Waals surface area contributed by atoms with E-state index in [-0.39, 0.29) is 5.38 Å². The lowest BCUT2D eigenvalue weighted by Crippen LogP contribution is -2.49. The molecule has 0 bridgehead atoms. The van der Waals surface area contributed by atoms with E-state index >= 15 is 0 Å². The molecule has 0 saturated carbocycles. The van der Waals surface area contributed by atoms with Crippen LogP contribution in [0.5, 0.6) is 0 Å². The van der Waals surface area contributed by atoms with E-state index in [0.29, 0.717) is 0 Å². The van der Waals surface area contributed by atoms with Gasteiger partial charge < -0.3 is 5.32 Å². The Hall–Kier alpha value is 0.0400. The van der Waals surface area contributed by atoms with Crippen LogP contribution in [0.1, 0.15) is 20.8 Å². The van der Waals surface area contributed by atoms with Crippen molar-refractivity contribution >= 4 is 11.6 Å². The minimum Gasteiger partial charge on any atom is -0.302 e. The van der Waals surface area contributed by atoms with Gasteiger partial charge in [0.25, 0.3) is 0 Å². The van der Waals surface area contributed by atoms with E-state index in [2.05, 4.69) is 5.32 Å². The molecule has 74 valence electrons. The van der Waals surface area contributed by atoms with E-state index < -0.39 is 18.3 Å². The van der Waals surface area contributed by atoms with Gasteiger partial charge in [-0.2, -0.15) is 13.2 Å². The maximum absolute atomic E-state index is 11.7. The molecule has 0 aromatic carbocycles. The quantitative estimate of drug-likeness (QED) is 0.696. The Bertz CT molecular complexity index is 142. The molecule has 0 aromatic rings. The monoisotopic (exact) mass is 203 g/mol. The fourth-order valence-corrected chi connectivity index (χ4v) is 0.546. The summed E-state index contributed by atoms with van der Waals surface area (Å²) in [6.07, 6.45) is -4.18. The summed E-state index contributed by atoms with van der Waals surface area (Å²) in [6.45, 7) is 3.93. The fraction of sp³-hybridized carbons (Fsp3) is 1.00. The Morgan fingerprint density at radius 3 is 2.00 bits per heavy atom. The zero-order valence-corrected chi connectivity index (χ0v) is 8.05. The third kappa shape index (κ3) is 4.83. The van der Waals surface area contributed by atoms with Gasteiger partial charge in [0.05, 0.1) is 6.54 Å². The molecule has 0 rings (SSSR count). The van der Waals surface area contributed by atoms with Crippen molar-refractivity contribution in [3.8, 4) is 0 Å². The van der Waals surface area contributed by atoms with E-state index in [1.54, 1.807) is 20.8 Å². The molecule has 5 heteroatoms. The number of alkyl halides is 4. The van der Waals surface area contributed by atoms with Crippen LogP contribution in [0.25, 0.3) is 0 Å². The lowest BCUT2D eigenvalue weighted by Gasteiger charge is -2.29. The minimum absolute atomic E-state index is 0.347. The third-order valence-corrected chi connectivity index (χ3v) is 2.28. The van der Waals surface area contributed by atoms with Crippen molar-refractivity contribution < 1.29 is 13.2 Å². The van der Waals surface area contributed by atoms with Crippen molar-refractivity contribution in [3.05, 3.63) is 0 Å². The SMILES string of the molecule is CC(Cl)C(C)(C)NCC(F)(F)F. The summed E-state index contributed by atoms with van der Waals surface area (Å²) in [6, 6.07) is 0. The standard InChI is InChI=1S/C7H13ClF3N/c1-5(8)6(2,3)12-4-7(9,10)11/h5,12H,4H2,1-3H3. The highest BCUT2D eigenvalue weighted by atomic mass is 35.5. The van der Waals surface area contributed by atoms with Crippen LogP contribution in [0.15, 0.2) is 0 Å². The number of rotatable bonds is 3. The molecule has 0 aromatic heterocycles. The zero-order valence-electron chi connectivity index (χ0n) is 7.30. The molecule has 0 spiro atoms. The summed E-state index contributed by atoms with van der Waals surface area (Å²) in [5.74, 6) is 0. The summed E-state index contributed by atoms with van der Waals surface area (Å²) < 4.78 is 35.2. The molecule has 12 heavy (non-hydrogen) atoms. The number of hydrogen-bond donors (Lipinski definition) is 1. The van der Waals surface area contributed by atoms with Crippen molar-refractivity contribution in [2.45, 2.75) is 37.9 Å². The van der Waals surface area contributed by atoms with Crippen molar-refractivity contribution in [2.75, 3.05) is 6.54 Å². The van der Waals surface area contributed by atoms with Crippen molar-refractivity contribution in [3.63, 3.8) is 0 Å². The van der Waals surface area contributed by atoms with Gasteiger partial charge in [0.1, 0.15) is 0 Å². The molecule has 1 nitrogen and oxygen atoms in total. The van der Waals surface area contributed by atoms with E-state index in [1.165, 1.54) is 0 Å². The van der Waals surface area contributed by atoms with Gasteiger partial charge in [-0.25, -0.2) is 0 Å². The first-order valence-corrected chi connectivity index (χ1v) is 4.04. The van der Waals surface area contributed by atoms with Gasteiger partial charge in [-0.3, -0.25) is 0 Å². The van der Waals surface area contributed by atoms with Crippen molar-refractivity contribution in [1.82, 2.24) is 5.32 Å². The van der Waals surface area contributed by atoms with Gasteiger partial charge in [-0.15, -0.1) is 11.6 Å². The molecule has 0 aliphatic carbocycles. The second-order valence-electron chi connectivity index (χ2n) is 3.31. The first kappa shape index (κ1) is 12.0. The number of hydrogen-bond acceptors (Lipinski definition) is 1. The maximum Gasteiger partial charge on any atom is 0.401 e. The number of halogens is 4. The summed E-state index contributed by atoms with van der Waals surface area (Å²) in [4.78, 5) is 0. The Kier molecular flexibility index (Phi) is 3.85. The first-order chi connectivity index (χ1) is 5.15. The van der Waals surface area contributed by atoms with Gasteiger partial charge >= 0.3 is 6.18 Å². The fourth-order valence-electron chi connectivity index (χ4n) is 0.469. The van der Waals surface area contributed by atoms with Crippen molar-refractivity contribution in [2.24, 2.45) is 0 Å². The smallest absolute Gasteiger partial charge is 0.302 e. The van der Waals surface area contributed by atoms with Gasteiger partial charge in [0.2, 0.25) is 0 Å². The molecule has 0 radical (unpaired) electrons. The maximum atomic E-state index is 11.7. The molecule has 0 fully saturated rings. The van der Waals surface area contributed by atoms with Crippen LogP contribution in [0.2, 0.25) is 0 Å². The lowest BCUT2D eigenvalue weighted by molar-refractivity contribution is -0.128. The average molecular weight is 204 g/mol. The highest BCUT2D eigenvalue weighted by molar-refractivity contribution is 6.21. The van der Waals surface area contributed by atoms with Crippen LogP contribution in [0.4, 0.5) is 13.2 Å². The Labute approximate surface area is 75.3 Å². The molecule has 0 saturated heterocycles. The van der Waals surface area contributed by atoms with Crippen LogP contribution in [0, 0.1) is 0 Å². The Morgan fingerprint density at radius 2 is 1.75 bits per heavy atom. The number of nitrogens with one attached hydrogen (secondary N) is 1. The second-order valence-corrected chi connectivity index (χ2v) is 3.96. The molecular formula is C7H13ClF3N. The molecule has 1 N–H and O–H groups in total. The van der Waals surface area contributed by atoms with E-state index in [1.807, 2.05) is 0 Å². The summed E-state index contributed by atoms with van der Waals surface area (Å²) in [7, 11) is 0. The Balaban J connectivity index is 3.93. The predicted molar refractivity (Wildman–Crippen MR) is 43.5 cm³/mol. The van der Waals surface area contributed by atoms with Crippen LogP contribution in [-0.4, -0.2) is 23.6 Å². The first-order valence-electron chi connectivity index (χ1n) is 3.61. The van der Waals surface area contributed by atoms with Gasteiger partial charge in [-0.1, -0.05) is 0 Å². The van der Waals surface area contributed by atoms with Crippen LogP contribution in [0.3, 0.4) is 0 Å². The highest BCUT2D eigenvalue weighted by Crippen LogP contribution is 2.18. The molecule has 0 aliphatic heterocycles. The van der Waals surface area contributed by atoms with Gasteiger partial charge in [0.15, 0.2) is 0 Å². The van der Waals surface area contributed by atoms with E-state index in [0.717, 1.165) is 0 Å². The zero-order chi connectivity index (χ0) is 9.99. The molecule has 1 atom stereocenters. The molecule has 0 aliphatic rings. The summed E-state index contributed by atoms with van der Waals surface area (Å²) in [5.41, 5.74) is -0.697. The largest absolute Gasteiger partial charge is 0.401 e. The predicted octanol–water partition coefficient (Wildman–Crippen LogP) is 2.54. The molecule has 1 unspecified atom stereocenters. The molecular weight excluding hydrogens is 191 g/mol. The topological polar surface area (TPSA) is 12.0 Å². The van der Waals surface area contributed by atoms with Gasteiger partial charge in [-0.05, 0) is 20.8 Å². The average Bonchev–Trinajstić information content (AvgIpc) is 1.82. The third-order valence-electron chi connectivity index (χ3n) is 1.74. The van der Waals surface area contributed by atoms with E-state index in [9.17, 15) is 13.2 Å². The second kappa shape index (κ2) is 3.83. The summed E-state index contributed by atoms with van der Waals surface area (Å²) in [5, 5.41) is 1.99. The Morgan fingerprint density at radius 1 is 1.33 bits per heavy atom. The highest BCUT2D eigenvalue weighted by Gasteiger charge is 2.32. The van der Waals surface area contributed by atoms with Crippen molar-refractivity contribution in [1.29, 1.82) is 0 Å². The lowest BCUT2D eigenvalue weighted by atomic mass is 10.0. The van der Waals surface area contributed by atoms with Crippen LogP contribution >= 0.6 is 11.6 Å². The van der Waals surface area contributed by atoms with Gasteiger partial charge in [0, 0.05) is 10.9 Å². The summed E-state index contributed by atoms with van der Waals surface area (Å²) >= 11 is 5.67. The normalized spacial score (nSPS) is 16.2. The molecule has 0 heterocycles. The molecule has 0 amide bonds. The minimum atomic E-state index is -4.18. The van der Waals surface area contributed by atoms with Crippen LogP contribution in [-0.2, 0) is 0 Å². The van der Waals surface area contributed by atoms with Crippen LogP contribution < -0.4 is 5.32 Å². The van der Waals surface area contributed by atoms with E-state index in [4.69, 9.17) is 11.6 Å².